The number of nitrogens with one attached hydrogen (secondary N) is 3. The molecule has 3 aromatic rings. The second kappa shape index (κ2) is 13.6. The van der Waals surface area contributed by atoms with Crippen LogP contribution in [0.25, 0.3) is 0 Å². The number of aliphatic carboxylic acids is 1. The van der Waals surface area contributed by atoms with E-state index in [4.69, 9.17) is 23.2 Å². The molecule has 4 rings (SSSR count). The predicted octanol–water partition coefficient (Wildman–Crippen LogP) is 2.45. The van der Waals surface area contributed by atoms with E-state index in [1.807, 2.05) is 0 Å². The van der Waals surface area contributed by atoms with Gasteiger partial charge in [-0.2, -0.15) is 17.0 Å². The minimum absolute atomic E-state index is 0.00270. The largest absolute Gasteiger partial charge is 0.480 e. The van der Waals surface area contributed by atoms with Gasteiger partial charge in [-0.05, 0) is 29.8 Å². The first-order chi connectivity index (χ1) is 19.2. The number of hydrogen-bond donors (Lipinski definition) is 4. The molecule has 0 saturated carbocycles. The molecule has 2 atom stereocenters. The first kappa shape index (κ1) is 29.3. The molecular formula is C25H25Cl2N7O5S. The molecule has 1 fully saturated rings. The van der Waals surface area contributed by atoms with Crippen LogP contribution in [0.2, 0.25) is 10.0 Å². The molecule has 210 valence electrons. The average molecular weight is 606 g/mol. The lowest BCUT2D eigenvalue weighted by Crippen LogP contribution is -2.57. The fraction of sp³-hybridized carbons (Fsp3) is 0.320. The van der Waals surface area contributed by atoms with Gasteiger partial charge in [-0.25, -0.2) is 4.79 Å². The van der Waals surface area contributed by atoms with E-state index in [-0.39, 0.29) is 40.8 Å². The number of amides is 3. The maximum Gasteiger partial charge on any atom is 0.326 e. The zero-order chi connectivity index (χ0) is 28.6. The minimum Gasteiger partial charge on any atom is -0.480 e. The Hall–Kier alpha value is -3.68. The zero-order valence-corrected chi connectivity index (χ0v) is 23.3. The molecule has 0 aliphatic carbocycles. The van der Waals surface area contributed by atoms with Crippen molar-refractivity contribution in [1.29, 1.82) is 0 Å². The number of carbonyl (C=O) groups is 4. The number of carboxylic acid groups (broad SMARTS) is 1. The summed E-state index contributed by atoms with van der Waals surface area (Å²) in [6, 6.07) is 9.25. The molecule has 2 heterocycles. The Bertz CT molecular complexity index is 1350. The fourth-order valence-corrected chi connectivity index (χ4v) is 5.72. The van der Waals surface area contributed by atoms with E-state index in [1.54, 1.807) is 42.5 Å². The minimum atomic E-state index is -1.22. The first-order valence-electron chi connectivity index (χ1n) is 12.2. The number of tetrazole rings is 1. The molecule has 3 amide bonds. The van der Waals surface area contributed by atoms with Crippen molar-refractivity contribution in [1.82, 2.24) is 30.8 Å². The lowest BCUT2D eigenvalue weighted by atomic mass is 10.0. The quantitative estimate of drug-likeness (QED) is 0.271. The van der Waals surface area contributed by atoms with Gasteiger partial charge in [0.25, 0.3) is 5.91 Å². The molecule has 1 aliphatic heterocycles. The van der Waals surface area contributed by atoms with Crippen molar-refractivity contribution >= 4 is 64.3 Å². The van der Waals surface area contributed by atoms with Crippen molar-refractivity contribution in [3.63, 3.8) is 0 Å². The van der Waals surface area contributed by atoms with Crippen molar-refractivity contribution in [3.8, 4) is 0 Å². The third-order valence-electron chi connectivity index (χ3n) is 6.16. The molecule has 2 unspecified atom stereocenters. The summed E-state index contributed by atoms with van der Waals surface area (Å²) < 4.78 is 0. The third kappa shape index (κ3) is 7.49. The van der Waals surface area contributed by atoms with Crippen molar-refractivity contribution in [3.05, 3.63) is 69.5 Å². The number of H-pyrrole nitrogens is 1. The number of rotatable bonds is 10. The highest BCUT2D eigenvalue weighted by atomic mass is 35.5. The summed E-state index contributed by atoms with van der Waals surface area (Å²) in [4.78, 5) is 52.1. The van der Waals surface area contributed by atoms with E-state index in [0.717, 1.165) is 0 Å². The van der Waals surface area contributed by atoms with Crippen molar-refractivity contribution in [2.24, 2.45) is 0 Å². The number of thioether (sulfide) groups is 1. The van der Waals surface area contributed by atoms with E-state index in [1.165, 1.54) is 16.7 Å². The van der Waals surface area contributed by atoms with Crippen LogP contribution in [-0.2, 0) is 27.2 Å². The molecule has 0 radical (unpaired) electrons. The second-order valence-corrected chi connectivity index (χ2v) is 10.8. The Labute approximate surface area is 243 Å². The Balaban J connectivity index is 1.36. The molecule has 15 heteroatoms. The number of nitrogens with zero attached hydrogens (tertiary/aromatic N) is 4. The van der Waals surface area contributed by atoms with Gasteiger partial charge < -0.3 is 20.6 Å². The highest BCUT2D eigenvalue weighted by molar-refractivity contribution is 7.99. The van der Waals surface area contributed by atoms with Crippen molar-refractivity contribution < 1.29 is 24.3 Å². The smallest absolute Gasteiger partial charge is 0.326 e. The molecule has 0 spiro atoms. The van der Waals surface area contributed by atoms with Crippen molar-refractivity contribution in [2.75, 3.05) is 23.4 Å². The van der Waals surface area contributed by atoms with Crippen LogP contribution in [0.4, 0.5) is 5.69 Å². The number of aryl methyl sites for hydroxylation is 1. The number of aromatic amines is 1. The molecule has 1 saturated heterocycles. The van der Waals surface area contributed by atoms with Crippen LogP contribution in [0.3, 0.4) is 0 Å². The van der Waals surface area contributed by atoms with Gasteiger partial charge in [-0.3, -0.25) is 14.4 Å². The summed E-state index contributed by atoms with van der Waals surface area (Å²) in [6.45, 7) is 0.373. The highest BCUT2D eigenvalue weighted by Crippen LogP contribution is 2.25. The van der Waals surface area contributed by atoms with Crippen LogP contribution in [0.15, 0.2) is 42.5 Å². The summed E-state index contributed by atoms with van der Waals surface area (Å²) in [7, 11) is 0. The summed E-state index contributed by atoms with van der Waals surface area (Å²) >= 11 is 13.7. The summed E-state index contributed by atoms with van der Waals surface area (Å²) in [5.41, 5.74) is 1.22. The standard InChI is InChI=1S/C25H25Cl2N7O5S/c26-16-2-1-3-17(27)22(16)24(37)28-15-6-4-14(5-7-15)12-18(25(38)39)29-23(36)19-13-40-11-10-34(19)21(35)9-8-20-30-32-33-31-20/h1-7,18-19H,8-13H2,(H,28,37)(H,29,36)(H,38,39)(H,30,31,32,33). The van der Waals surface area contributed by atoms with Crippen LogP contribution in [-0.4, -0.2) is 84.5 Å². The number of halogens is 2. The Morgan fingerprint density at radius 2 is 1.85 bits per heavy atom. The summed E-state index contributed by atoms with van der Waals surface area (Å²) in [5, 5.41) is 29.0. The molecule has 40 heavy (non-hydrogen) atoms. The lowest BCUT2D eigenvalue weighted by Gasteiger charge is -2.35. The number of benzene rings is 2. The van der Waals surface area contributed by atoms with Crippen LogP contribution in [0.1, 0.15) is 28.2 Å². The van der Waals surface area contributed by atoms with Gasteiger partial charge in [0.1, 0.15) is 12.1 Å². The Kier molecular flexibility index (Phi) is 9.96. The SMILES string of the molecule is O=C(Nc1ccc(CC(NC(=O)C2CSCCN2C(=O)CCc2nn[nH]n2)C(=O)O)cc1)c1c(Cl)cccc1Cl. The molecule has 2 aromatic carbocycles. The summed E-state index contributed by atoms with van der Waals surface area (Å²) in [5.74, 6) is -1.05. The topological polar surface area (TPSA) is 170 Å². The molecule has 1 aromatic heterocycles. The van der Waals surface area contributed by atoms with Crippen molar-refractivity contribution in [2.45, 2.75) is 31.3 Å². The fourth-order valence-electron chi connectivity index (χ4n) is 4.11. The number of hydrogen-bond acceptors (Lipinski definition) is 8. The van der Waals surface area contributed by atoms with Crippen LogP contribution in [0.5, 0.6) is 0 Å². The van der Waals surface area contributed by atoms with Crippen LogP contribution in [0, 0.1) is 0 Å². The van der Waals surface area contributed by atoms with Gasteiger partial charge in [0.2, 0.25) is 11.8 Å². The van der Waals surface area contributed by atoms with Gasteiger partial charge in [0, 0.05) is 43.0 Å². The molecule has 12 nitrogen and oxygen atoms in total. The second-order valence-electron chi connectivity index (χ2n) is 8.86. The highest BCUT2D eigenvalue weighted by Gasteiger charge is 2.34. The normalized spacial score (nSPS) is 15.8. The molecular weight excluding hydrogens is 581 g/mol. The van der Waals surface area contributed by atoms with Gasteiger partial charge in [-0.1, -0.05) is 46.6 Å². The number of carboxylic acids is 1. The Morgan fingerprint density at radius 1 is 1.12 bits per heavy atom. The van der Waals surface area contributed by atoms with Gasteiger partial charge in [0.15, 0.2) is 5.82 Å². The predicted molar refractivity (Wildman–Crippen MR) is 149 cm³/mol. The van der Waals surface area contributed by atoms with E-state index in [9.17, 15) is 24.3 Å². The van der Waals surface area contributed by atoms with E-state index in [2.05, 4.69) is 31.3 Å². The maximum absolute atomic E-state index is 13.1. The number of carbonyl (C=O) groups excluding carboxylic acids is 3. The van der Waals surface area contributed by atoms with E-state index < -0.39 is 29.9 Å². The monoisotopic (exact) mass is 605 g/mol. The first-order valence-corrected chi connectivity index (χ1v) is 14.1. The molecule has 0 bridgehead atoms. The lowest BCUT2D eigenvalue weighted by molar-refractivity contribution is -0.144. The maximum atomic E-state index is 13.1. The van der Waals surface area contributed by atoms with Gasteiger partial charge in [0.05, 0.1) is 15.6 Å². The van der Waals surface area contributed by atoms with Gasteiger partial charge >= 0.3 is 5.97 Å². The number of aromatic nitrogens is 4. The van der Waals surface area contributed by atoms with Gasteiger partial charge in [-0.15, -0.1) is 10.2 Å². The average Bonchev–Trinajstić information content (AvgIpc) is 3.46. The van der Waals surface area contributed by atoms with E-state index in [0.29, 0.717) is 35.1 Å². The number of anilines is 1. The van der Waals surface area contributed by atoms with Crippen LogP contribution >= 0.6 is 35.0 Å². The molecule has 1 aliphatic rings. The van der Waals surface area contributed by atoms with Crippen LogP contribution < -0.4 is 10.6 Å². The third-order valence-corrected chi connectivity index (χ3v) is 7.81. The van der Waals surface area contributed by atoms with E-state index >= 15 is 0 Å². The molecule has 4 N–H and O–H groups in total. The Morgan fingerprint density at radius 3 is 2.50 bits per heavy atom. The summed E-state index contributed by atoms with van der Waals surface area (Å²) in [6.07, 6.45) is 0.367. The zero-order valence-electron chi connectivity index (χ0n) is 21.0.